The van der Waals surface area contributed by atoms with Gasteiger partial charge in [-0.15, -0.1) is 0 Å². The molecule has 0 radical (unpaired) electrons. The maximum absolute atomic E-state index is 12.1. The molecule has 0 aliphatic rings. The number of carboxylic acids is 1. The maximum atomic E-state index is 12.1. The molecule has 0 unspecified atom stereocenters. The van der Waals surface area contributed by atoms with Crippen molar-refractivity contribution < 1.29 is 19.4 Å². The Morgan fingerprint density at radius 2 is 2.05 bits per heavy atom. The van der Waals surface area contributed by atoms with Gasteiger partial charge in [-0.2, -0.15) is 0 Å². The summed E-state index contributed by atoms with van der Waals surface area (Å²) in [5.41, 5.74) is 5.32. The number of carboxylic acid groups (broad SMARTS) is 1. The van der Waals surface area contributed by atoms with Gasteiger partial charge in [0.1, 0.15) is 18.0 Å². The number of carbonyl (C=O) groups excluding carboxylic acids is 1. The lowest BCUT2D eigenvalue weighted by atomic mass is 10.2. The second kappa shape index (κ2) is 6.33. The van der Waals surface area contributed by atoms with Crippen LogP contribution in [0.5, 0.6) is 0 Å². The van der Waals surface area contributed by atoms with E-state index in [4.69, 9.17) is 15.6 Å². The van der Waals surface area contributed by atoms with Crippen LogP contribution >= 0.6 is 0 Å². The Kier molecular flexibility index (Phi) is 5.04. The third-order valence-electron chi connectivity index (χ3n) is 2.19. The second-order valence-corrected chi connectivity index (χ2v) is 5.15. The van der Waals surface area contributed by atoms with E-state index in [1.54, 1.807) is 32.9 Å². The molecule has 7 nitrogen and oxygen atoms in total. The SMILES string of the molecule is CC(C)(C)OC(=O)N(CC(=O)O)c1cccc(CN)n1. The number of nitrogens with two attached hydrogens (primary N) is 1. The first-order valence-corrected chi connectivity index (χ1v) is 6.11. The molecule has 0 aliphatic heterocycles. The average molecular weight is 281 g/mol. The first-order valence-electron chi connectivity index (χ1n) is 6.11. The van der Waals surface area contributed by atoms with Crippen molar-refractivity contribution in [2.45, 2.75) is 32.9 Å². The molecule has 1 rings (SSSR count). The van der Waals surface area contributed by atoms with Crippen molar-refractivity contribution in [3.05, 3.63) is 23.9 Å². The molecule has 1 amide bonds. The van der Waals surface area contributed by atoms with Crippen molar-refractivity contribution in [3.63, 3.8) is 0 Å². The van der Waals surface area contributed by atoms with E-state index in [1.807, 2.05) is 0 Å². The Morgan fingerprint density at radius 3 is 2.55 bits per heavy atom. The first-order chi connectivity index (χ1) is 9.23. The molecular weight excluding hydrogens is 262 g/mol. The topological polar surface area (TPSA) is 106 Å². The van der Waals surface area contributed by atoms with Crippen LogP contribution in [0.4, 0.5) is 10.6 Å². The van der Waals surface area contributed by atoms with Crippen molar-refractivity contribution in [2.75, 3.05) is 11.4 Å². The van der Waals surface area contributed by atoms with Gasteiger partial charge in [0, 0.05) is 6.54 Å². The predicted octanol–water partition coefficient (Wildman–Crippen LogP) is 1.37. The number of nitrogens with zero attached hydrogens (tertiary/aromatic N) is 2. The fourth-order valence-electron chi connectivity index (χ4n) is 1.42. The molecule has 0 aliphatic carbocycles. The second-order valence-electron chi connectivity index (χ2n) is 5.15. The van der Waals surface area contributed by atoms with E-state index in [0.29, 0.717) is 5.69 Å². The van der Waals surface area contributed by atoms with Crippen LogP contribution in [0, 0.1) is 0 Å². The standard InChI is InChI=1S/C13H19N3O4/c1-13(2,3)20-12(19)16(8-11(17)18)10-6-4-5-9(7-14)15-10/h4-6H,7-8,14H2,1-3H3,(H,17,18). The highest BCUT2D eigenvalue weighted by molar-refractivity contribution is 5.92. The molecule has 0 saturated heterocycles. The number of aromatic nitrogens is 1. The van der Waals surface area contributed by atoms with Gasteiger partial charge < -0.3 is 15.6 Å². The monoisotopic (exact) mass is 281 g/mol. The minimum atomic E-state index is -1.16. The zero-order valence-corrected chi connectivity index (χ0v) is 11.8. The van der Waals surface area contributed by atoms with Crippen LogP contribution in [-0.2, 0) is 16.1 Å². The van der Waals surface area contributed by atoms with Gasteiger partial charge in [-0.1, -0.05) is 6.07 Å². The molecule has 0 atom stereocenters. The first kappa shape index (κ1) is 15.9. The van der Waals surface area contributed by atoms with E-state index in [2.05, 4.69) is 4.98 Å². The highest BCUT2D eigenvalue weighted by Crippen LogP contribution is 2.16. The van der Waals surface area contributed by atoms with Crippen LogP contribution in [0.1, 0.15) is 26.5 Å². The summed E-state index contributed by atoms with van der Waals surface area (Å²) < 4.78 is 5.18. The molecule has 0 spiro atoms. The number of hydrogen-bond donors (Lipinski definition) is 2. The highest BCUT2D eigenvalue weighted by Gasteiger charge is 2.26. The summed E-state index contributed by atoms with van der Waals surface area (Å²) in [5, 5.41) is 8.92. The minimum absolute atomic E-state index is 0.197. The van der Waals surface area contributed by atoms with Crippen LogP contribution in [0.2, 0.25) is 0 Å². The van der Waals surface area contributed by atoms with Crippen molar-refractivity contribution >= 4 is 17.9 Å². The Labute approximate surface area is 117 Å². The van der Waals surface area contributed by atoms with E-state index >= 15 is 0 Å². The zero-order chi connectivity index (χ0) is 15.3. The summed E-state index contributed by atoms with van der Waals surface area (Å²) in [6, 6.07) is 4.88. The van der Waals surface area contributed by atoms with Gasteiger partial charge in [-0.05, 0) is 32.9 Å². The molecule has 0 saturated carbocycles. The number of ether oxygens (including phenoxy) is 1. The third kappa shape index (κ3) is 4.85. The molecular formula is C13H19N3O4. The van der Waals surface area contributed by atoms with Gasteiger partial charge in [0.25, 0.3) is 0 Å². The molecule has 1 heterocycles. The summed E-state index contributed by atoms with van der Waals surface area (Å²) in [6.45, 7) is 4.77. The minimum Gasteiger partial charge on any atom is -0.480 e. The quantitative estimate of drug-likeness (QED) is 0.863. The number of carbonyl (C=O) groups is 2. The van der Waals surface area contributed by atoms with Crippen molar-refractivity contribution in [3.8, 4) is 0 Å². The fourth-order valence-corrected chi connectivity index (χ4v) is 1.42. The lowest BCUT2D eigenvalue weighted by Gasteiger charge is -2.25. The van der Waals surface area contributed by atoms with Gasteiger partial charge >= 0.3 is 12.1 Å². The van der Waals surface area contributed by atoms with E-state index in [-0.39, 0.29) is 12.4 Å². The van der Waals surface area contributed by atoms with Crippen LogP contribution in [-0.4, -0.2) is 34.3 Å². The molecule has 110 valence electrons. The summed E-state index contributed by atoms with van der Waals surface area (Å²) in [6.07, 6.45) is -0.762. The molecule has 0 bridgehead atoms. The smallest absolute Gasteiger partial charge is 0.416 e. The highest BCUT2D eigenvalue weighted by atomic mass is 16.6. The van der Waals surface area contributed by atoms with Crippen molar-refractivity contribution in [2.24, 2.45) is 5.73 Å². The largest absolute Gasteiger partial charge is 0.480 e. The molecule has 3 N–H and O–H groups in total. The molecule has 0 aromatic carbocycles. The lowest BCUT2D eigenvalue weighted by Crippen LogP contribution is -2.40. The average Bonchev–Trinajstić information content (AvgIpc) is 2.33. The van der Waals surface area contributed by atoms with E-state index in [1.165, 1.54) is 6.07 Å². The summed E-state index contributed by atoms with van der Waals surface area (Å²) in [4.78, 5) is 28.1. The van der Waals surface area contributed by atoms with Crippen LogP contribution < -0.4 is 10.6 Å². The van der Waals surface area contributed by atoms with Crippen LogP contribution in [0.25, 0.3) is 0 Å². The van der Waals surface area contributed by atoms with Crippen LogP contribution in [0.15, 0.2) is 18.2 Å². The molecule has 7 heteroatoms. The van der Waals surface area contributed by atoms with Gasteiger partial charge in [-0.25, -0.2) is 9.78 Å². The summed E-state index contributed by atoms with van der Waals surface area (Å²) in [5.74, 6) is -0.958. The number of amides is 1. The van der Waals surface area contributed by atoms with Gasteiger partial charge in [0.15, 0.2) is 0 Å². The molecule has 1 aromatic rings. The van der Waals surface area contributed by atoms with E-state index < -0.39 is 24.2 Å². The Hall–Kier alpha value is -2.15. The maximum Gasteiger partial charge on any atom is 0.416 e. The number of aliphatic carboxylic acids is 1. The van der Waals surface area contributed by atoms with Gasteiger partial charge in [0.05, 0.1) is 5.69 Å². The molecule has 20 heavy (non-hydrogen) atoms. The summed E-state index contributed by atoms with van der Waals surface area (Å²) in [7, 11) is 0. The third-order valence-corrected chi connectivity index (χ3v) is 2.19. The Morgan fingerprint density at radius 1 is 1.40 bits per heavy atom. The Balaban J connectivity index is 3.04. The van der Waals surface area contributed by atoms with E-state index in [0.717, 1.165) is 4.90 Å². The number of pyridine rings is 1. The lowest BCUT2D eigenvalue weighted by molar-refractivity contribution is -0.135. The number of rotatable bonds is 4. The normalized spacial score (nSPS) is 11.0. The van der Waals surface area contributed by atoms with Crippen molar-refractivity contribution in [1.29, 1.82) is 0 Å². The molecule has 0 fully saturated rings. The van der Waals surface area contributed by atoms with Crippen molar-refractivity contribution in [1.82, 2.24) is 4.98 Å². The van der Waals surface area contributed by atoms with E-state index in [9.17, 15) is 9.59 Å². The molecule has 1 aromatic heterocycles. The van der Waals surface area contributed by atoms with Gasteiger partial charge in [-0.3, -0.25) is 9.69 Å². The fraction of sp³-hybridized carbons (Fsp3) is 0.462. The zero-order valence-electron chi connectivity index (χ0n) is 11.8. The number of hydrogen-bond acceptors (Lipinski definition) is 5. The van der Waals surface area contributed by atoms with Gasteiger partial charge in [0.2, 0.25) is 0 Å². The number of anilines is 1. The Bertz CT molecular complexity index is 497. The predicted molar refractivity (Wildman–Crippen MR) is 73.3 cm³/mol. The summed E-state index contributed by atoms with van der Waals surface area (Å²) >= 11 is 0. The van der Waals surface area contributed by atoms with Crippen LogP contribution in [0.3, 0.4) is 0 Å².